The van der Waals surface area contributed by atoms with E-state index in [2.05, 4.69) is 15.6 Å². The minimum atomic E-state index is -0.0545. The number of amides is 1. The van der Waals surface area contributed by atoms with E-state index in [1.54, 1.807) is 10.9 Å². The number of piperazine rings is 1. The molecular formula is C14H17N5O. The van der Waals surface area contributed by atoms with Crippen molar-refractivity contribution in [3.8, 4) is 5.69 Å². The van der Waals surface area contributed by atoms with Crippen LogP contribution < -0.4 is 5.32 Å². The second-order valence-electron chi connectivity index (χ2n) is 4.94. The first kappa shape index (κ1) is 12.8. The standard InChI is InChI=1S/C14H17N5O/c1-11-9-15-7-8-18(11)14(20)13-10-19(17-16-13)12-5-3-2-4-6-12/h2-6,10-11,15H,7-9H2,1H3. The third-order valence-electron chi connectivity index (χ3n) is 3.50. The van der Waals surface area contributed by atoms with Gasteiger partial charge in [0.25, 0.3) is 5.91 Å². The van der Waals surface area contributed by atoms with Crippen LogP contribution in [0.1, 0.15) is 17.4 Å². The van der Waals surface area contributed by atoms with Gasteiger partial charge in [-0.15, -0.1) is 5.10 Å². The van der Waals surface area contributed by atoms with Crippen molar-refractivity contribution in [2.24, 2.45) is 0 Å². The Bertz CT molecular complexity index is 595. The molecule has 6 nitrogen and oxygen atoms in total. The summed E-state index contributed by atoms with van der Waals surface area (Å²) >= 11 is 0. The van der Waals surface area contributed by atoms with E-state index in [0.29, 0.717) is 12.2 Å². The number of rotatable bonds is 2. The van der Waals surface area contributed by atoms with Crippen molar-refractivity contribution in [1.29, 1.82) is 0 Å². The fourth-order valence-electron chi connectivity index (χ4n) is 2.36. The molecule has 1 aromatic heterocycles. The van der Waals surface area contributed by atoms with Gasteiger partial charge in [0.05, 0.1) is 11.9 Å². The number of nitrogens with one attached hydrogen (secondary N) is 1. The quantitative estimate of drug-likeness (QED) is 0.873. The van der Waals surface area contributed by atoms with E-state index in [9.17, 15) is 4.79 Å². The van der Waals surface area contributed by atoms with E-state index in [1.807, 2.05) is 42.2 Å². The molecule has 6 heteroatoms. The van der Waals surface area contributed by atoms with Gasteiger partial charge in [-0.05, 0) is 19.1 Å². The second kappa shape index (κ2) is 5.42. The summed E-state index contributed by atoms with van der Waals surface area (Å²) in [5.41, 5.74) is 1.29. The normalized spacial score (nSPS) is 19.1. The van der Waals surface area contributed by atoms with Crippen molar-refractivity contribution in [3.05, 3.63) is 42.2 Å². The summed E-state index contributed by atoms with van der Waals surface area (Å²) in [5, 5.41) is 11.3. The van der Waals surface area contributed by atoms with Crippen LogP contribution in [-0.2, 0) is 0 Å². The molecule has 1 aliphatic rings. The van der Waals surface area contributed by atoms with Gasteiger partial charge in [-0.3, -0.25) is 4.79 Å². The Morgan fingerprint density at radius 3 is 2.90 bits per heavy atom. The SMILES string of the molecule is CC1CNCCN1C(=O)c1cn(-c2ccccc2)nn1. The highest BCUT2D eigenvalue weighted by Crippen LogP contribution is 2.10. The summed E-state index contributed by atoms with van der Waals surface area (Å²) < 4.78 is 1.63. The molecule has 1 fully saturated rings. The summed E-state index contributed by atoms with van der Waals surface area (Å²) in [6, 6.07) is 9.83. The molecule has 0 saturated carbocycles. The highest BCUT2D eigenvalue weighted by atomic mass is 16.2. The van der Waals surface area contributed by atoms with Gasteiger partial charge in [-0.25, -0.2) is 4.68 Å². The van der Waals surface area contributed by atoms with Gasteiger partial charge in [0, 0.05) is 25.7 Å². The minimum absolute atomic E-state index is 0.0545. The summed E-state index contributed by atoms with van der Waals surface area (Å²) in [5.74, 6) is -0.0545. The van der Waals surface area contributed by atoms with Crippen LogP contribution in [-0.4, -0.2) is 51.5 Å². The highest BCUT2D eigenvalue weighted by molar-refractivity contribution is 5.92. The molecule has 2 aromatic rings. The number of para-hydroxylation sites is 1. The Labute approximate surface area is 117 Å². The molecule has 1 saturated heterocycles. The molecular weight excluding hydrogens is 254 g/mol. The van der Waals surface area contributed by atoms with Gasteiger partial charge in [0.2, 0.25) is 0 Å². The smallest absolute Gasteiger partial charge is 0.276 e. The molecule has 2 heterocycles. The topological polar surface area (TPSA) is 63.1 Å². The van der Waals surface area contributed by atoms with Gasteiger partial charge in [-0.1, -0.05) is 23.4 Å². The summed E-state index contributed by atoms with van der Waals surface area (Å²) in [7, 11) is 0. The van der Waals surface area contributed by atoms with Gasteiger partial charge in [0.15, 0.2) is 5.69 Å². The number of carbonyl (C=O) groups is 1. The fraction of sp³-hybridized carbons (Fsp3) is 0.357. The van der Waals surface area contributed by atoms with Crippen LogP contribution in [0.2, 0.25) is 0 Å². The highest BCUT2D eigenvalue weighted by Gasteiger charge is 2.26. The van der Waals surface area contributed by atoms with Crippen LogP contribution >= 0.6 is 0 Å². The van der Waals surface area contributed by atoms with Gasteiger partial charge in [0.1, 0.15) is 0 Å². The Morgan fingerprint density at radius 2 is 2.15 bits per heavy atom. The first-order valence-electron chi connectivity index (χ1n) is 6.75. The lowest BCUT2D eigenvalue weighted by Gasteiger charge is -2.33. The van der Waals surface area contributed by atoms with Gasteiger partial charge < -0.3 is 10.2 Å². The Hall–Kier alpha value is -2.21. The molecule has 1 aliphatic heterocycles. The fourth-order valence-corrected chi connectivity index (χ4v) is 2.36. The lowest BCUT2D eigenvalue weighted by molar-refractivity contribution is 0.0649. The van der Waals surface area contributed by atoms with E-state index >= 15 is 0 Å². The van der Waals surface area contributed by atoms with Crippen LogP contribution in [0.5, 0.6) is 0 Å². The van der Waals surface area contributed by atoms with Gasteiger partial charge in [-0.2, -0.15) is 0 Å². The molecule has 1 amide bonds. The third kappa shape index (κ3) is 2.42. The van der Waals surface area contributed by atoms with Crippen molar-refractivity contribution in [3.63, 3.8) is 0 Å². The van der Waals surface area contributed by atoms with Crippen LogP contribution in [0.25, 0.3) is 5.69 Å². The van der Waals surface area contributed by atoms with Crippen molar-refractivity contribution in [1.82, 2.24) is 25.2 Å². The van der Waals surface area contributed by atoms with E-state index in [1.165, 1.54) is 0 Å². The zero-order chi connectivity index (χ0) is 13.9. The number of benzene rings is 1. The molecule has 104 valence electrons. The lowest BCUT2D eigenvalue weighted by atomic mass is 10.2. The molecule has 1 atom stereocenters. The van der Waals surface area contributed by atoms with Crippen molar-refractivity contribution in [2.75, 3.05) is 19.6 Å². The number of hydrogen-bond donors (Lipinski definition) is 1. The van der Waals surface area contributed by atoms with Crippen molar-refractivity contribution in [2.45, 2.75) is 13.0 Å². The number of nitrogens with zero attached hydrogens (tertiary/aromatic N) is 4. The second-order valence-corrected chi connectivity index (χ2v) is 4.94. The maximum atomic E-state index is 12.4. The number of carbonyl (C=O) groups excluding carboxylic acids is 1. The molecule has 1 aromatic carbocycles. The lowest BCUT2D eigenvalue weighted by Crippen LogP contribution is -2.52. The molecule has 3 rings (SSSR count). The molecule has 1 N–H and O–H groups in total. The average Bonchev–Trinajstić information content (AvgIpc) is 2.98. The Morgan fingerprint density at radius 1 is 1.35 bits per heavy atom. The summed E-state index contributed by atoms with van der Waals surface area (Å²) in [4.78, 5) is 14.3. The predicted octanol–water partition coefficient (Wildman–Crippen LogP) is 0.701. The first-order chi connectivity index (χ1) is 9.75. The van der Waals surface area contributed by atoms with Crippen LogP contribution in [0.3, 0.4) is 0 Å². The van der Waals surface area contributed by atoms with Crippen LogP contribution in [0, 0.1) is 0 Å². The third-order valence-corrected chi connectivity index (χ3v) is 3.50. The summed E-state index contributed by atoms with van der Waals surface area (Å²) in [6.07, 6.45) is 1.69. The molecule has 0 spiro atoms. The predicted molar refractivity (Wildman–Crippen MR) is 74.7 cm³/mol. The minimum Gasteiger partial charge on any atom is -0.332 e. The molecule has 0 aliphatic carbocycles. The van der Waals surface area contributed by atoms with E-state index in [-0.39, 0.29) is 11.9 Å². The maximum Gasteiger partial charge on any atom is 0.276 e. The molecule has 0 bridgehead atoms. The first-order valence-corrected chi connectivity index (χ1v) is 6.75. The number of hydrogen-bond acceptors (Lipinski definition) is 4. The molecule has 0 radical (unpaired) electrons. The Balaban J connectivity index is 1.81. The van der Waals surface area contributed by atoms with E-state index in [4.69, 9.17) is 0 Å². The molecule has 20 heavy (non-hydrogen) atoms. The maximum absolute atomic E-state index is 12.4. The zero-order valence-electron chi connectivity index (χ0n) is 11.4. The number of aromatic nitrogens is 3. The molecule has 1 unspecified atom stereocenters. The van der Waals surface area contributed by atoms with E-state index in [0.717, 1.165) is 18.8 Å². The van der Waals surface area contributed by atoms with Gasteiger partial charge >= 0.3 is 0 Å². The van der Waals surface area contributed by atoms with E-state index < -0.39 is 0 Å². The largest absolute Gasteiger partial charge is 0.332 e. The summed E-state index contributed by atoms with van der Waals surface area (Å²) in [6.45, 7) is 4.38. The van der Waals surface area contributed by atoms with Crippen LogP contribution in [0.15, 0.2) is 36.5 Å². The monoisotopic (exact) mass is 271 g/mol. The van der Waals surface area contributed by atoms with Crippen molar-refractivity contribution < 1.29 is 4.79 Å². The Kier molecular flexibility index (Phi) is 3.47. The van der Waals surface area contributed by atoms with Crippen LogP contribution in [0.4, 0.5) is 0 Å². The van der Waals surface area contributed by atoms with Crippen molar-refractivity contribution >= 4 is 5.91 Å². The zero-order valence-corrected chi connectivity index (χ0v) is 11.4. The average molecular weight is 271 g/mol.